The van der Waals surface area contributed by atoms with Crippen LogP contribution in [0.5, 0.6) is 0 Å². The van der Waals surface area contributed by atoms with E-state index in [4.69, 9.17) is 0 Å². The molecule has 2 nitrogen and oxygen atoms in total. The zero-order valence-corrected chi connectivity index (χ0v) is 9.74. The number of thiophene rings is 1. The highest BCUT2D eigenvalue weighted by molar-refractivity contribution is 7.13. The molecule has 0 saturated carbocycles. The number of aryl methyl sites for hydroxylation is 1. The Morgan fingerprint density at radius 3 is 2.81 bits per heavy atom. The molecule has 0 atom stereocenters. The van der Waals surface area contributed by atoms with E-state index in [-0.39, 0.29) is 0 Å². The summed E-state index contributed by atoms with van der Waals surface area (Å²) in [6.45, 7) is 0. The molecule has 3 heteroatoms. The molecule has 3 rings (SSSR count). The summed E-state index contributed by atoms with van der Waals surface area (Å²) in [5.74, 6) is 0. The number of fused-ring (bicyclic) bond motifs is 1. The zero-order chi connectivity index (χ0) is 11.0. The molecule has 0 aliphatic heterocycles. The van der Waals surface area contributed by atoms with Crippen molar-refractivity contribution in [3.05, 3.63) is 48.1 Å². The summed E-state index contributed by atoms with van der Waals surface area (Å²) in [5, 5.41) is 3.29. The molecule has 0 spiro atoms. The molecular formula is C13H11N2S+. The zero-order valence-electron chi connectivity index (χ0n) is 8.92. The van der Waals surface area contributed by atoms with Crippen molar-refractivity contribution in [2.24, 2.45) is 7.05 Å². The van der Waals surface area contributed by atoms with Crippen LogP contribution < -0.4 is 4.57 Å². The molecule has 0 N–H and O–H groups in total. The second-order valence-corrected chi connectivity index (χ2v) is 4.65. The average Bonchev–Trinajstić information content (AvgIpc) is 2.83. The van der Waals surface area contributed by atoms with Gasteiger partial charge in [0.2, 0.25) is 5.69 Å². The van der Waals surface area contributed by atoms with Gasteiger partial charge in [0.25, 0.3) is 6.33 Å². The number of hydrogen-bond acceptors (Lipinski definition) is 2. The molecule has 0 radical (unpaired) electrons. The SMILES string of the molecule is C[n+]1cnc(-c2cccs2)c2ccccc21. The number of nitrogens with zero attached hydrogens (tertiary/aromatic N) is 2. The fourth-order valence-corrected chi connectivity index (χ4v) is 2.60. The van der Waals surface area contributed by atoms with Crippen molar-refractivity contribution in [2.45, 2.75) is 0 Å². The minimum atomic E-state index is 1.07. The Labute approximate surface area is 97.8 Å². The van der Waals surface area contributed by atoms with Crippen LogP contribution in [0.25, 0.3) is 21.5 Å². The molecule has 0 amide bonds. The summed E-state index contributed by atoms with van der Waals surface area (Å²) in [4.78, 5) is 5.74. The molecule has 0 unspecified atom stereocenters. The Bertz CT molecular complexity index is 629. The maximum atomic E-state index is 4.52. The Balaban J connectivity index is 2.39. The molecule has 0 bridgehead atoms. The Hall–Kier alpha value is -1.74. The summed E-state index contributed by atoms with van der Waals surface area (Å²) in [5.41, 5.74) is 2.28. The van der Waals surface area contributed by atoms with E-state index in [2.05, 4.69) is 46.8 Å². The van der Waals surface area contributed by atoms with Crippen LogP contribution in [0.1, 0.15) is 0 Å². The molecule has 0 fully saturated rings. The number of hydrogen-bond donors (Lipinski definition) is 0. The standard InChI is InChI=1S/C13H11N2S/c1-15-9-14-13(12-7-4-8-16-12)10-5-2-3-6-11(10)15/h2-9H,1H3/q+1. The highest BCUT2D eigenvalue weighted by Crippen LogP contribution is 2.27. The van der Waals surface area contributed by atoms with Gasteiger partial charge >= 0.3 is 0 Å². The lowest BCUT2D eigenvalue weighted by atomic mass is 10.1. The van der Waals surface area contributed by atoms with Crippen molar-refractivity contribution in [1.82, 2.24) is 4.98 Å². The van der Waals surface area contributed by atoms with Crippen LogP contribution in [0.3, 0.4) is 0 Å². The first-order valence-electron chi connectivity index (χ1n) is 5.13. The van der Waals surface area contributed by atoms with Crippen LogP contribution in [0.15, 0.2) is 48.1 Å². The van der Waals surface area contributed by atoms with Crippen molar-refractivity contribution in [2.75, 3.05) is 0 Å². The Morgan fingerprint density at radius 2 is 2.00 bits per heavy atom. The second-order valence-electron chi connectivity index (χ2n) is 3.70. The molecule has 0 aliphatic rings. The molecule has 16 heavy (non-hydrogen) atoms. The molecule has 3 aromatic rings. The molecule has 2 aromatic heterocycles. The van der Waals surface area contributed by atoms with Gasteiger partial charge in [-0.3, -0.25) is 0 Å². The molecule has 78 valence electrons. The first-order chi connectivity index (χ1) is 7.86. The van der Waals surface area contributed by atoms with Gasteiger partial charge in [-0.25, -0.2) is 4.57 Å². The van der Waals surface area contributed by atoms with Gasteiger partial charge in [-0.05, 0) is 28.6 Å². The van der Waals surface area contributed by atoms with Gasteiger partial charge in [0.1, 0.15) is 5.52 Å². The number of benzene rings is 1. The predicted molar refractivity (Wildman–Crippen MR) is 66.2 cm³/mol. The fraction of sp³-hybridized carbons (Fsp3) is 0.0769. The Morgan fingerprint density at radius 1 is 1.12 bits per heavy atom. The first-order valence-corrected chi connectivity index (χ1v) is 6.01. The molecule has 0 aliphatic carbocycles. The van der Waals surface area contributed by atoms with Crippen molar-refractivity contribution in [3.63, 3.8) is 0 Å². The highest BCUT2D eigenvalue weighted by Gasteiger charge is 2.13. The smallest absolute Gasteiger partial charge is 0.232 e. The predicted octanol–water partition coefficient (Wildman–Crippen LogP) is 2.79. The maximum Gasteiger partial charge on any atom is 0.287 e. The number of aromatic nitrogens is 2. The topological polar surface area (TPSA) is 16.8 Å². The minimum absolute atomic E-state index is 1.07. The number of para-hydroxylation sites is 1. The van der Waals surface area contributed by atoms with Crippen LogP contribution in [0.2, 0.25) is 0 Å². The third-order valence-corrected chi connectivity index (χ3v) is 3.53. The maximum absolute atomic E-state index is 4.52. The summed E-state index contributed by atoms with van der Waals surface area (Å²) in [6, 6.07) is 12.5. The quantitative estimate of drug-likeness (QED) is 0.584. The molecule has 1 aromatic carbocycles. The highest BCUT2D eigenvalue weighted by atomic mass is 32.1. The van der Waals surface area contributed by atoms with Crippen molar-refractivity contribution < 1.29 is 4.57 Å². The normalized spacial score (nSPS) is 10.8. The van der Waals surface area contributed by atoms with E-state index >= 15 is 0 Å². The Kier molecular flexibility index (Phi) is 2.18. The largest absolute Gasteiger partial charge is 0.287 e. The molecule has 0 saturated heterocycles. The average molecular weight is 227 g/mol. The summed E-state index contributed by atoms with van der Waals surface area (Å²) >= 11 is 1.72. The van der Waals surface area contributed by atoms with Gasteiger partial charge in [-0.2, -0.15) is 0 Å². The lowest BCUT2D eigenvalue weighted by molar-refractivity contribution is -0.647. The summed E-state index contributed by atoms with van der Waals surface area (Å²) in [7, 11) is 2.02. The van der Waals surface area contributed by atoms with E-state index in [1.165, 1.54) is 15.8 Å². The third-order valence-electron chi connectivity index (χ3n) is 2.65. The van der Waals surface area contributed by atoms with Crippen LogP contribution in [-0.4, -0.2) is 4.98 Å². The fourth-order valence-electron chi connectivity index (χ4n) is 1.87. The lowest BCUT2D eigenvalue weighted by Crippen LogP contribution is -2.29. The minimum Gasteiger partial charge on any atom is -0.232 e. The molecular weight excluding hydrogens is 216 g/mol. The van der Waals surface area contributed by atoms with E-state index in [1.807, 2.05) is 17.9 Å². The molecule has 2 heterocycles. The van der Waals surface area contributed by atoms with Gasteiger partial charge < -0.3 is 0 Å². The van der Waals surface area contributed by atoms with Gasteiger partial charge in [0, 0.05) is 0 Å². The first kappa shape index (κ1) is 9.48. The van der Waals surface area contributed by atoms with Crippen molar-refractivity contribution >= 4 is 22.2 Å². The van der Waals surface area contributed by atoms with E-state index < -0.39 is 0 Å². The van der Waals surface area contributed by atoms with Crippen LogP contribution in [-0.2, 0) is 7.05 Å². The van der Waals surface area contributed by atoms with E-state index in [0.29, 0.717) is 0 Å². The third kappa shape index (κ3) is 1.41. The van der Waals surface area contributed by atoms with Crippen LogP contribution in [0, 0.1) is 0 Å². The van der Waals surface area contributed by atoms with Gasteiger partial charge in [-0.15, -0.1) is 11.3 Å². The van der Waals surface area contributed by atoms with Crippen LogP contribution in [0.4, 0.5) is 0 Å². The van der Waals surface area contributed by atoms with Crippen molar-refractivity contribution in [1.29, 1.82) is 0 Å². The van der Waals surface area contributed by atoms with E-state index in [0.717, 1.165) is 5.69 Å². The van der Waals surface area contributed by atoms with Crippen LogP contribution >= 0.6 is 11.3 Å². The number of rotatable bonds is 1. The van der Waals surface area contributed by atoms with Gasteiger partial charge in [0.15, 0.2) is 0 Å². The van der Waals surface area contributed by atoms with Gasteiger partial charge in [0.05, 0.1) is 17.3 Å². The van der Waals surface area contributed by atoms with Gasteiger partial charge in [-0.1, -0.05) is 18.2 Å². The lowest BCUT2D eigenvalue weighted by Gasteiger charge is -2.00. The second kappa shape index (κ2) is 3.68. The monoisotopic (exact) mass is 227 g/mol. The summed E-state index contributed by atoms with van der Waals surface area (Å²) in [6.07, 6.45) is 1.87. The van der Waals surface area contributed by atoms with Crippen molar-refractivity contribution in [3.8, 4) is 10.6 Å². The summed E-state index contributed by atoms with van der Waals surface area (Å²) < 4.78 is 2.05. The van der Waals surface area contributed by atoms with E-state index in [9.17, 15) is 0 Å². The van der Waals surface area contributed by atoms with E-state index in [1.54, 1.807) is 11.3 Å².